The van der Waals surface area contributed by atoms with Gasteiger partial charge in [-0.3, -0.25) is 14.4 Å². The van der Waals surface area contributed by atoms with Crippen molar-refractivity contribution in [1.29, 1.82) is 0 Å². The molecule has 1 aromatic heterocycles. The highest BCUT2D eigenvalue weighted by atomic mass is 19.4. The van der Waals surface area contributed by atoms with Crippen molar-refractivity contribution in [3.05, 3.63) is 93.9 Å². The molecule has 4 rings (SSSR count). The van der Waals surface area contributed by atoms with Gasteiger partial charge in [0.05, 0.1) is 5.54 Å². The molecule has 0 atom stereocenters. The minimum absolute atomic E-state index is 0.0410. The SMILES string of the molecule is Cn1cccc(C(=O)Nc2ccc(C3(NC(=O)CCc4ccc(OC(F)(F)F)cc4)CCC3)cc2)c1=O. The van der Waals surface area contributed by atoms with Crippen LogP contribution in [0.15, 0.2) is 71.7 Å². The lowest BCUT2D eigenvalue weighted by molar-refractivity contribution is -0.274. The van der Waals surface area contributed by atoms with Crippen LogP contribution in [0.1, 0.15) is 47.2 Å². The van der Waals surface area contributed by atoms with Crippen molar-refractivity contribution in [2.24, 2.45) is 7.05 Å². The van der Waals surface area contributed by atoms with E-state index in [2.05, 4.69) is 15.4 Å². The van der Waals surface area contributed by atoms with Gasteiger partial charge in [-0.15, -0.1) is 13.2 Å². The number of alkyl halides is 3. The molecule has 0 unspecified atom stereocenters. The zero-order chi connectivity index (χ0) is 26.6. The van der Waals surface area contributed by atoms with Gasteiger partial charge in [0.15, 0.2) is 0 Å². The third-order valence-electron chi connectivity index (χ3n) is 6.45. The number of hydrogen-bond acceptors (Lipinski definition) is 4. The van der Waals surface area contributed by atoms with Crippen LogP contribution in [-0.2, 0) is 23.8 Å². The molecule has 3 aromatic rings. The Hall–Kier alpha value is -4.08. The van der Waals surface area contributed by atoms with E-state index in [1.165, 1.54) is 34.9 Å². The van der Waals surface area contributed by atoms with E-state index in [1.54, 1.807) is 31.4 Å². The number of ether oxygens (including phenoxy) is 1. The number of carbonyl (C=O) groups is 2. The highest BCUT2D eigenvalue weighted by Crippen LogP contribution is 2.41. The summed E-state index contributed by atoms with van der Waals surface area (Å²) in [5, 5.41) is 5.84. The van der Waals surface area contributed by atoms with E-state index in [9.17, 15) is 27.6 Å². The minimum Gasteiger partial charge on any atom is -0.406 e. The second kappa shape index (κ2) is 10.5. The number of benzene rings is 2. The Bertz CT molecular complexity index is 1330. The molecule has 0 saturated heterocycles. The summed E-state index contributed by atoms with van der Waals surface area (Å²) in [6.07, 6.45) is -0.120. The zero-order valence-electron chi connectivity index (χ0n) is 20.1. The number of aryl methyl sites for hydroxylation is 2. The summed E-state index contributed by atoms with van der Waals surface area (Å²) in [6, 6.07) is 15.7. The third kappa shape index (κ3) is 6.38. The van der Waals surface area contributed by atoms with Gasteiger partial charge in [0.25, 0.3) is 11.5 Å². The van der Waals surface area contributed by atoms with E-state index >= 15 is 0 Å². The molecule has 7 nitrogen and oxygen atoms in total. The predicted octanol–water partition coefficient (Wildman–Crippen LogP) is 4.66. The maximum atomic E-state index is 12.7. The molecule has 0 bridgehead atoms. The fraction of sp³-hybridized carbons (Fsp3) is 0.296. The lowest BCUT2D eigenvalue weighted by Crippen LogP contribution is -2.50. The van der Waals surface area contributed by atoms with Crippen LogP contribution in [0, 0.1) is 0 Å². The second-order valence-corrected chi connectivity index (χ2v) is 9.04. The van der Waals surface area contributed by atoms with Crippen molar-refractivity contribution in [3.63, 3.8) is 0 Å². The quantitative estimate of drug-likeness (QED) is 0.459. The van der Waals surface area contributed by atoms with Crippen LogP contribution >= 0.6 is 0 Å². The molecule has 1 fully saturated rings. The Morgan fingerprint density at radius 3 is 2.30 bits per heavy atom. The van der Waals surface area contributed by atoms with Crippen LogP contribution in [0.3, 0.4) is 0 Å². The lowest BCUT2D eigenvalue weighted by Gasteiger charge is -2.43. The first kappa shape index (κ1) is 26.0. The van der Waals surface area contributed by atoms with Crippen LogP contribution in [0.25, 0.3) is 0 Å². The van der Waals surface area contributed by atoms with Gasteiger partial charge in [-0.25, -0.2) is 0 Å². The zero-order valence-corrected chi connectivity index (χ0v) is 20.1. The molecular weight excluding hydrogens is 487 g/mol. The Kier molecular flexibility index (Phi) is 7.37. The topological polar surface area (TPSA) is 89.4 Å². The van der Waals surface area contributed by atoms with Crippen molar-refractivity contribution in [2.45, 2.75) is 44.0 Å². The third-order valence-corrected chi connectivity index (χ3v) is 6.45. The van der Waals surface area contributed by atoms with E-state index in [0.29, 0.717) is 12.1 Å². The van der Waals surface area contributed by atoms with Gasteiger partial charge in [0, 0.05) is 25.4 Å². The second-order valence-electron chi connectivity index (χ2n) is 9.04. The number of aromatic nitrogens is 1. The Labute approximate surface area is 211 Å². The number of rotatable bonds is 8. The molecule has 2 N–H and O–H groups in total. The number of nitrogens with zero attached hydrogens (tertiary/aromatic N) is 1. The summed E-state index contributed by atoms with van der Waals surface area (Å²) < 4.78 is 42.1. The van der Waals surface area contributed by atoms with Crippen molar-refractivity contribution < 1.29 is 27.5 Å². The minimum atomic E-state index is -4.75. The molecular formula is C27H26F3N3O4. The molecule has 194 valence electrons. The Morgan fingerprint density at radius 1 is 1.03 bits per heavy atom. The Morgan fingerprint density at radius 2 is 1.70 bits per heavy atom. The van der Waals surface area contributed by atoms with E-state index < -0.39 is 23.4 Å². The molecule has 0 radical (unpaired) electrons. The Balaban J connectivity index is 1.34. The normalized spacial score (nSPS) is 14.4. The highest BCUT2D eigenvalue weighted by molar-refractivity contribution is 6.04. The lowest BCUT2D eigenvalue weighted by atomic mass is 9.71. The fourth-order valence-electron chi connectivity index (χ4n) is 4.30. The molecule has 37 heavy (non-hydrogen) atoms. The summed E-state index contributed by atoms with van der Waals surface area (Å²) in [6.45, 7) is 0. The molecule has 2 aromatic carbocycles. The van der Waals surface area contributed by atoms with Crippen molar-refractivity contribution in [1.82, 2.24) is 9.88 Å². The fourth-order valence-corrected chi connectivity index (χ4v) is 4.30. The van der Waals surface area contributed by atoms with Gasteiger partial charge in [-0.05, 0) is 73.2 Å². The van der Waals surface area contributed by atoms with Crippen LogP contribution in [0.5, 0.6) is 5.75 Å². The summed E-state index contributed by atoms with van der Waals surface area (Å²) in [5.74, 6) is -0.966. The van der Waals surface area contributed by atoms with E-state index in [1.807, 2.05) is 12.1 Å². The number of nitrogens with one attached hydrogen (secondary N) is 2. The van der Waals surface area contributed by atoms with E-state index in [0.717, 1.165) is 30.4 Å². The van der Waals surface area contributed by atoms with Crippen LogP contribution in [0.4, 0.5) is 18.9 Å². The number of amides is 2. The van der Waals surface area contributed by atoms with Gasteiger partial charge >= 0.3 is 6.36 Å². The van der Waals surface area contributed by atoms with Gasteiger partial charge in [-0.2, -0.15) is 0 Å². The van der Waals surface area contributed by atoms with E-state index in [4.69, 9.17) is 0 Å². The first-order valence-electron chi connectivity index (χ1n) is 11.8. The van der Waals surface area contributed by atoms with E-state index in [-0.39, 0.29) is 23.6 Å². The monoisotopic (exact) mass is 513 g/mol. The molecule has 10 heteroatoms. The van der Waals surface area contributed by atoms with Gasteiger partial charge in [0.1, 0.15) is 11.3 Å². The van der Waals surface area contributed by atoms with Crippen molar-refractivity contribution in [3.8, 4) is 5.75 Å². The largest absolute Gasteiger partial charge is 0.573 e. The average molecular weight is 514 g/mol. The maximum Gasteiger partial charge on any atom is 0.573 e. The molecule has 0 spiro atoms. The molecule has 2 amide bonds. The van der Waals surface area contributed by atoms with Crippen LogP contribution in [-0.4, -0.2) is 22.7 Å². The number of hydrogen-bond donors (Lipinski definition) is 2. The van der Waals surface area contributed by atoms with Gasteiger partial charge < -0.3 is 19.9 Å². The molecule has 1 saturated carbocycles. The predicted molar refractivity (Wildman–Crippen MR) is 131 cm³/mol. The number of anilines is 1. The molecule has 1 heterocycles. The van der Waals surface area contributed by atoms with Crippen LogP contribution in [0.2, 0.25) is 0 Å². The average Bonchev–Trinajstić information content (AvgIpc) is 2.82. The maximum absolute atomic E-state index is 12.7. The first-order chi connectivity index (χ1) is 17.5. The summed E-state index contributed by atoms with van der Waals surface area (Å²) in [4.78, 5) is 37.4. The molecule has 1 aliphatic rings. The smallest absolute Gasteiger partial charge is 0.406 e. The number of carbonyl (C=O) groups excluding carboxylic acids is 2. The number of halogens is 3. The molecule has 1 aliphatic carbocycles. The summed E-state index contributed by atoms with van der Waals surface area (Å²) >= 11 is 0. The van der Waals surface area contributed by atoms with Crippen molar-refractivity contribution >= 4 is 17.5 Å². The van der Waals surface area contributed by atoms with Gasteiger partial charge in [0.2, 0.25) is 5.91 Å². The van der Waals surface area contributed by atoms with Crippen molar-refractivity contribution in [2.75, 3.05) is 5.32 Å². The first-order valence-corrected chi connectivity index (χ1v) is 11.8. The standard InChI is InChI=1S/C27H26F3N3O4/c1-33-17-2-4-22(25(33)36)24(35)31-20-10-8-19(9-11-20)26(15-3-16-26)32-23(34)14-7-18-5-12-21(13-6-18)37-27(28,29)30/h2,4-6,8-13,17H,3,7,14-16H2,1H3,(H,31,35)(H,32,34). The van der Waals surface area contributed by atoms with Crippen LogP contribution < -0.4 is 20.9 Å². The van der Waals surface area contributed by atoms with Gasteiger partial charge in [-0.1, -0.05) is 24.3 Å². The summed E-state index contributed by atoms with van der Waals surface area (Å²) in [5.41, 5.74) is 1.31. The molecule has 0 aliphatic heterocycles. The number of pyridine rings is 1. The summed E-state index contributed by atoms with van der Waals surface area (Å²) in [7, 11) is 1.57. The highest BCUT2D eigenvalue weighted by Gasteiger charge is 2.39.